The van der Waals surface area contributed by atoms with Gasteiger partial charge >= 0.3 is 0 Å². The minimum absolute atomic E-state index is 0.149. The summed E-state index contributed by atoms with van der Waals surface area (Å²) < 4.78 is 2.25. The minimum atomic E-state index is -0.149. The van der Waals surface area contributed by atoms with Gasteiger partial charge in [0.25, 0.3) is 5.91 Å². The monoisotopic (exact) mass is 343 g/mol. The lowest BCUT2D eigenvalue weighted by atomic mass is 10.2. The second-order valence-corrected chi connectivity index (χ2v) is 7.29. The summed E-state index contributed by atoms with van der Waals surface area (Å²) in [5.74, 6) is 0.523. The molecule has 24 heavy (non-hydrogen) atoms. The van der Waals surface area contributed by atoms with Gasteiger partial charge in [-0.25, -0.2) is 0 Å². The Morgan fingerprint density at radius 3 is 2.67 bits per heavy atom. The third-order valence-corrected chi connectivity index (χ3v) is 5.36. The van der Waals surface area contributed by atoms with Crippen LogP contribution in [0.5, 0.6) is 0 Å². The van der Waals surface area contributed by atoms with Gasteiger partial charge in [0, 0.05) is 11.6 Å². The van der Waals surface area contributed by atoms with E-state index in [2.05, 4.69) is 16.1 Å². The van der Waals surface area contributed by atoms with Gasteiger partial charge in [0.15, 0.2) is 0 Å². The van der Waals surface area contributed by atoms with Gasteiger partial charge in [-0.1, -0.05) is 36.6 Å². The van der Waals surface area contributed by atoms with E-state index in [0.29, 0.717) is 29.1 Å². The predicted octanol–water partition coefficient (Wildman–Crippen LogP) is 4.46. The van der Waals surface area contributed by atoms with Gasteiger partial charge in [0.1, 0.15) is 0 Å². The van der Waals surface area contributed by atoms with Crippen LogP contribution in [0.1, 0.15) is 72.2 Å². The summed E-state index contributed by atoms with van der Waals surface area (Å²) in [6, 6.07) is 9.85. The van der Waals surface area contributed by atoms with Crippen LogP contribution in [0.25, 0.3) is 0 Å². The van der Waals surface area contributed by atoms with Crippen LogP contribution in [-0.2, 0) is 6.54 Å². The SMILES string of the molecule is O=C(NCc1cc(C2CC2)n(C2CCCC2)n1)c1ccccc1Cl. The number of nitrogens with one attached hydrogen (secondary N) is 1. The molecule has 0 radical (unpaired) electrons. The lowest BCUT2D eigenvalue weighted by Gasteiger charge is -2.13. The van der Waals surface area contributed by atoms with Crippen molar-refractivity contribution in [1.29, 1.82) is 0 Å². The number of aromatic nitrogens is 2. The molecular formula is C19H22ClN3O. The molecule has 0 saturated heterocycles. The van der Waals surface area contributed by atoms with Gasteiger partial charge in [0.2, 0.25) is 0 Å². The van der Waals surface area contributed by atoms with E-state index in [-0.39, 0.29) is 5.91 Å². The molecule has 0 unspecified atom stereocenters. The smallest absolute Gasteiger partial charge is 0.253 e. The quantitative estimate of drug-likeness (QED) is 0.871. The first kappa shape index (κ1) is 15.7. The van der Waals surface area contributed by atoms with E-state index in [1.165, 1.54) is 44.2 Å². The van der Waals surface area contributed by atoms with Gasteiger partial charge in [0.05, 0.1) is 28.9 Å². The van der Waals surface area contributed by atoms with E-state index in [1.807, 2.05) is 12.1 Å². The van der Waals surface area contributed by atoms with Gasteiger partial charge in [-0.3, -0.25) is 9.48 Å². The van der Waals surface area contributed by atoms with E-state index in [0.717, 1.165) is 5.69 Å². The summed E-state index contributed by atoms with van der Waals surface area (Å²) in [7, 11) is 0. The van der Waals surface area contributed by atoms with Crippen LogP contribution in [0.15, 0.2) is 30.3 Å². The number of hydrogen-bond donors (Lipinski definition) is 1. The number of benzene rings is 1. The average molecular weight is 344 g/mol. The van der Waals surface area contributed by atoms with Gasteiger partial charge in [-0.05, 0) is 43.9 Å². The second-order valence-electron chi connectivity index (χ2n) is 6.88. The Labute approximate surface area is 147 Å². The topological polar surface area (TPSA) is 46.9 Å². The molecule has 1 heterocycles. The lowest BCUT2D eigenvalue weighted by Crippen LogP contribution is -2.23. The van der Waals surface area contributed by atoms with E-state index in [9.17, 15) is 4.79 Å². The highest BCUT2D eigenvalue weighted by Gasteiger charge is 2.31. The lowest BCUT2D eigenvalue weighted by molar-refractivity contribution is 0.0950. The molecule has 0 spiro atoms. The van der Waals surface area contributed by atoms with Crippen molar-refractivity contribution in [3.63, 3.8) is 0 Å². The van der Waals surface area contributed by atoms with Crippen LogP contribution in [0, 0.1) is 0 Å². The number of hydrogen-bond acceptors (Lipinski definition) is 2. The molecule has 1 aromatic carbocycles. The fraction of sp³-hybridized carbons (Fsp3) is 0.474. The molecule has 126 valence electrons. The fourth-order valence-corrected chi connectivity index (χ4v) is 3.81. The highest BCUT2D eigenvalue weighted by Crippen LogP contribution is 2.43. The Bertz CT molecular complexity index is 745. The van der Waals surface area contributed by atoms with Crippen molar-refractivity contribution in [3.8, 4) is 0 Å². The van der Waals surface area contributed by atoms with Gasteiger partial charge in [-0.15, -0.1) is 0 Å². The predicted molar refractivity (Wildman–Crippen MR) is 94.3 cm³/mol. The molecule has 2 fully saturated rings. The number of amides is 1. The fourth-order valence-electron chi connectivity index (χ4n) is 3.58. The molecule has 1 amide bonds. The Balaban J connectivity index is 1.47. The van der Waals surface area contributed by atoms with Crippen molar-refractivity contribution in [2.45, 2.75) is 57.0 Å². The first-order valence-electron chi connectivity index (χ1n) is 8.83. The van der Waals surface area contributed by atoms with Crippen LogP contribution in [0.4, 0.5) is 0 Å². The molecule has 2 saturated carbocycles. The van der Waals surface area contributed by atoms with Crippen LogP contribution in [0.2, 0.25) is 5.02 Å². The largest absolute Gasteiger partial charge is 0.346 e. The maximum atomic E-state index is 12.3. The van der Waals surface area contributed by atoms with E-state index >= 15 is 0 Å². The maximum absolute atomic E-state index is 12.3. The third-order valence-electron chi connectivity index (χ3n) is 5.03. The molecular weight excluding hydrogens is 322 g/mol. The van der Waals surface area contributed by atoms with Crippen molar-refractivity contribution >= 4 is 17.5 Å². The summed E-state index contributed by atoms with van der Waals surface area (Å²) in [6.45, 7) is 0.448. The molecule has 0 atom stereocenters. The Morgan fingerprint density at radius 2 is 1.96 bits per heavy atom. The van der Waals surface area contributed by atoms with E-state index in [4.69, 9.17) is 16.7 Å². The molecule has 0 aliphatic heterocycles. The number of nitrogens with zero attached hydrogens (tertiary/aromatic N) is 2. The number of carbonyl (C=O) groups is 1. The van der Waals surface area contributed by atoms with Crippen LogP contribution < -0.4 is 5.32 Å². The molecule has 1 N–H and O–H groups in total. The van der Waals surface area contributed by atoms with Crippen molar-refractivity contribution in [2.75, 3.05) is 0 Å². The zero-order chi connectivity index (χ0) is 16.5. The molecule has 4 nitrogen and oxygen atoms in total. The molecule has 0 bridgehead atoms. The number of halogens is 1. The second kappa shape index (κ2) is 6.60. The van der Waals surface area contributed by atoms with Crippen molar-refractivity contribution in [2.24, 2.45) is 0 Å². The zero-order valence-electron chi connectivity index (χ0n) is 13.7. The molecule has 4 rings (SSSR count). The Hall–Kier alpha value is -1.81. The standard InChI is InChI=1S/C19H22ClN3O/c20-17-8-4-3-7-16(17)19(24)21-12-14-11-18(13-9-10-13)23(22-14)15-5-1-2-6-15/h3-4,7-8,11,13,15H,1-2,5-6,9-10,12H2,(H,21,24). The van der Waals surface area contributed by atoms with Crippen LogP contribution >= 0.6 is 11.6 Å². The average Bonchev–Trinajstić information content (AvgIpc) is 3.12. The Kier molecular flexibility index (Phi) is 4.31. The van der Waals surface area contributed by atoms with Crippen molar-refractivity contribution < 1.29 is 4.79 Å². The van der Waals surface area contributed by atoms with Crippen LogP contribution in [-0.4, -0.2) is 15.7 Å². The third kappa shape index (κ3) is 3.20. The molecule has 2 aliphatic carbocycles. The van der Waals surface area contributed by atoms with Crippen molar-refractivity contribution in [1.82, 2.24) is 15.1 Å². The first-order valence-corrected chi connectivity index (χ1v) is 9.21. The molecule has 1 aromatic heterocycles. The molecule has 2 aromatic rings. The van der Waals surface area contributed by atoms with E-state index in [1.54, 1.807) is 12.1 Å². The maximum Gasteiger partial charge on any atom is 0.253 e. The number of carbonyl (C=O) groups excluding carboxylic acids is 1. The van der Waals surface area contributed by atoms with Gasteiger partial charge in [-0.2, -0.15) is 5.10 Å². The summed E-state index contributed by atoms with van der Waals surface area (Å²) >= 11 is 6.09. The van der Waals surface area contributed by atoms with Crippen molar-refractivity contribution in [3.05, 3.63) is 52.3 Å². The highest BCUT2D eigenvalue weighted by molar-refractivity contribution is 6.33. The first-order chi connectivity index (χ1) is 11.7. The van der Waals surface area contributed by atoms with Crippen LogP contribution in [0.3, 0.4) is 0 Å². The normalized spacial score (nSPS) is 18.0. The number of rotatable bonds is 5. The highest BCUT2D eigenvalue weighted by atomic mass is 35.5. The summed E-state index contributed by atoms with van der Waals surface area (Å²) in [6.07, 6.45) is 7.59. The summed E-state index contributed by atoms with van der Waals surface area (Å²) in [5, 5.41) is 8.23. The minimum Gasteiger partial charge on any atom is -0.346 e. The summed E-state index contributed by atoms with van der Waals surface area (Å²) in [5.41, 5.74) is 2.82. The molecule has 2 aliphatic rings. The Morgan fingerprint density at radius 1 is 1.21 bits per heavy atom. The molecule has 5 heteroatoms. The van der Waals surface area contributed by atoms with Gasteiger partial charge < -0.3 is 5.32 Å². The van der Waals surface area contributed by atoms with E-state index < -0.39 is 0 Å². The zero-order valence-corrected chi connectivity index (χ0v) is 14.4. The summed E-state index contributed by atoms with van der Waals surface area (Å²) in [4.78, 5) is 12.3.